The highest BCUT2D eigenvalue weighted by molar-refractivity contribution is 5.36. The van der Waals surface area contributed by atoms with E-state index in [0.717, 1.165) is 13.0 Å². The van der Waals surface area contributed by atoms with Gasteiger partial charge < -0.3 is 5.32 Å². The first-order valence-corrected chi connectivity index (χ1v) is 6.22. The minimum atomic E-state index is 0.334. The molecule has 96 valence electrons. The molecule has 0 aliphatic carbocycles. The van der Waals surface area contributed by atoms with Gasteiger partial charge in [-0.3, -0.25) is 0 Å². The number of rotatable bonds is 4. The monoisotopic (exact) mass is 252 g/mol. The maximum Gasteiger partial charge on any atom is 0.158 e. The molecule has 2 rings (SSSR count). The number of aryl methyl sites for hydroxylation is 2. The van der Waals surface area contributed by atoms with Crippen molar-refractivity contribution in [2.75, 3.05) is 11.9 Å². The Morgan fingerprint density at radius 2 is 1.89 bits per heavy atom. The summed E-state index contributed by atoms with van der Waals surface area (Å²) in [6, 6.07) is 8.28. The van der Waals surface area contributed by atoms with Gasteiger partial charge >= 0.3 is 0 Å². The second-order valence-electron chi connectivity index (χ2n) is 4.45. The number of anilines is 1. The smallest absolute Gasteiger partial charge is 0.158 e. The van der Waals surface area contributed by atoms with Crippen LogP contribution in [0.1, 0.15) is 22.4 Å². The third kappa shape index (κ3) is 3.29. The zero-order valence-corrected chi connectivity index (χ0v) is 11.1. The quantitative estimate of drug-likeness (QED) is 0.908. The van der Waals surface area contributed by atoms with Crippen molar-refractivity contribution in [1.82, 2.24) is 9.97 Å². The lowest BCUT2D eigenvalue weighted by atomic mass is 10.0. The number of benzene rings is 1. The molecule has 1 aromatic carbocycles. The van der Waals surface area contributed by atoms with Crippen molar-refractivity contribution in [3.8, 4) is 6.07 Å². The lowest BCUT2D eigenvalue weighted by molar-refractivity contribution is 0.974. The van der Waals surface area contributed by atoms with Gasteiger partial charge in [0.1, 0.15) is 11.9 Å². The van der Waals surface area contributed by atoms with E-state index in [4.69, 9.17) is 5.26 Å². The molecule has 4 heteroatoms. The number of nitrogens with zero attached hydrogens (tertiary/aromatic N) is 3. The molecule has 1 heterocycles. The molecule has 0 aliphatic heterocycles. The molecule has 0 aliphatic rings. The van der Waals surface area contributed by atoms with Crippen molar-refractivity contribution in [2.45, 2.75) is 20.3 Å². The first-order valence-electron chi connectivity index (χ1n) is 6.22. The molecule has 0 spiro atoms. The highest BCUT2D eigenvalue weighted by Gasteiger charge is 2.02. The van der Waals surface area contributed by atoms with E-state index in [1.807, 2.05) is 6.07 Å². The molecule has 0 bridgehead atoms. The molecule has 0 saturated heterocycles. The molecule has 0 atom stereocenters. The van der Waals surface area contributed by atoms with Gasteiger partial charge in [0.15, 0.2) is 5.69 Å². The van der Waals surface area contributed by atoms with Crippen LogP contribution in [-0.2, 0) is 6.42 Å². The van der Waals surface area contributed by atoms with Crippen molar-refractivity contribution < 1.29 is 0 Å². The summed E-state index contributed by atoms with van der Waals surface area (Å²) in [4.78, 5) is 8.10. The Bertz CT molecular complexity index is 576. The number of hydrogen-bond acceptors (Lipinski definition) is 4. The predicted molar refractivity (Wildman–Crippen MR) is 74.9 cm³/mol. The Labute approximate surface area is 113 Å². The van der Waals surface area contributed by atoms with Crippen LogP contribution >= 0.6 is 0 Å². The first-order chi connectivity index (χ1) is 9.20. The molecule has 2 aromatic rings. The largest absolute Gasteiger partial charge is 0.368 e. The van der Waals surface area contributed by atoms with Crippen LogP contribution in [0.5, 0.6) is 0 Å². The number of aromatic nitrogens is 2. The van der Waals surface area contributed by atoms with Crippen LogP contribution in [-0.4, -0.2) is 16.5 Å². The number of nitriles is 1. The highest BCUT2D eigenvalue weighted by atomic mass is 15.0. The van der Waals surface area contributed by atoms with Crippen LogP contribution in [0.15, 0.2) is 30.6 Å². The Balaban J connectivity index is 1.95. The van der Waals surface area contributed by atoms with Crippen LogP contribution in [0, 0.1) is 25.2 Å². The summed E-state index contributed by atoms with van der Waals surface area (Å²) < 4.78 is 0. The van der Waals surface area contributed by atoms with E-state index >= 15 is 0 Å². The van der Waals surface area contributed by atoms with Crippen LogP contribution in [0.2, 0.25) is 0 Å². The summed E-state index contributed by atoms with van der Waals surface area (Å²) in [5, 5.41) is 11.9. The molecule has 0 amide bonds. The van der Waals surface area contributed by atoms with E-state index in [1.165, 1.54) is 22.9 Å². The zero-order chi connectivity index (χ0) is 13.7. The van der Waals surface area contributed by atoms with Crippen molar-refractivity contribution >= 4 is 5.82 Å². The average molecular weight is 252 g/mol. The molecule has 1 N–H and O–H groups in total. The lowest BCUT2D eigenvalue weighted by Gasteiger charge is -2.10. The Hall–Kier alpha value is -2.41. The Kier molecular flexibility index (Phi) is 4.09. The average Bonchev–Trinajstić information content (AvgIpc) is 2.43. The van der Waals surface area contributed by atoms with Gasteiger partial charge in [-0.1, -0.05) is 18.2 Å². The second kappa shape index (κ2) is 5.96. The summed E-state index contributed by atoms with van der Waals surface area (Å²) in [5.41, 5.74) is 4.33. The third-order valence-electron chi connectivity index (χ3n) is 3.09. The zero-order valence-electron chi connectivity index (χ0n) is 11.1. The summed E-state index contributed by atoms with van der Waals surface area (Å²) in [6.07, 6.45) is 4.00. The molecule has 0 unspecified atom stereocenters. The summed E-state index contributed by atoms with van der Waals surface area (Å²) in [5.74, 6) is 0.699. The molecule has 0 saturated carbocycles. The van der Waals surface area contributed by atoms with Crippen LogP contribution in [0.3, 0.4) is 0 Å². The van der Waals surface area contributed by atoms with Gasteiger partial charge in [0.25, 0.3) is 0 Å². The fourth-order valence-electron chi connectivity index (χ4n) is 2.04. The maximum atomic E-state index is 8.64. The summed E-state index contributed by atoms with van der Waals surface area (Å²) in [6.45, 7) is 5.06. The molecular formula is C15H16N4. The lowest BCUT2D eigenvalue weighted by Crippen LogP contribution is -2.08. The summed E-state index contributed by atoms with van der Waals surface area (Å²) in [7, 11) is 0. The molecule has 1 aromatic heterocycles. The SMILES string of the molecule is Cc1cccc(C)c1CCNc1cnc(C#N)cn1. The standard InChI is InChI=1S/C15H16N4/c1-11-4-3-5-12(2)14(11)6-7-17-15-10-18-13(8-16)9-19-15/h3-5,9-10H,6-7H2,1-2H3,(H,17,19). The molecule has 0 fully saturated rings. The van der Waals surface area contributed by atoms with E-state index in [-0.39, 0.29) is 0 Å². The van der Waals surface area contributed by atoms with Crippen molar-refractivity contribution in [3.05, 3.63) is 53.0 Å². The van der Waals surface area contributed by atoms with Gasteiger partial charge in [-0.05, 0) is 37.0 Å². The van der Waals surface area contributed by atoms with E-state index in [9.17, 15) is 0 Å². The van der Waals surface area contributed by atoms with E-state index in [1.54, 1.807) is 6.20 Å². The minimum Gasteiger partial charge on any atom is -0.368 e. The summed E-state index contributed by atoms with van der Waals surface area (Å²) >= 11 is 0. The fraction of sp³-hybridized carbons (Fsp3) is 0.267. The minimum absolute atomic E-state index is 0.334. The van der Waals surface area contributed by atoms with Gasteiger partial charge in [-0.25, -0.2) is 9.97 Å². The second-order valence-corrected chi connectivity index (χ2v) is 4.45. The predicted octanol–water partition coefficient (Wildman–Crippen LogP) is 2.62. The number of hydrogen-bond donors (Lipinski definition) is 1. The first kappa shape index (κ1) is 13.0. The van der Waals surface area contributed by atoms with E-state index in [2.05, 4.69) is 47.3 Å². The topological polar surface area (TPSA) is 61.6 Å². The van der Waals surface area contributed by atoms with Gasteiger partial charge in [0.2, 0.25) is 0 Å². The molecule has 4 nitrogen and oxygen atoms in total. The van der Waals surface area contributed by atoms with Crippen LogP contribution in [0.4, 0.5) is 5.82 Å². The van der Waals surface area contributed by atoms with Crippen LogP contribution < -0.4 is 5.32 Å². The molecule has 0 radical (unpaired) electrons. The third-order valence-corrected chi connectivity index (χ3v) is 3.09. The van der Waals surface area contributed by atoms with Crippen molar-refractivity contribution in [3.63, 3.8) is 0 Å². The van der Waals surface area contributed by atoms with Gasteiger partial charge in [0.05, 0.1) is 12.4 Å². The maximum absolute atomic E-state index is 8.64. The normalized spacial score (nSPS) is 9.95. The Morgan fingerprint density at radius 3 is 2.47 bits per heavy atom. The van der Waals surface area contributed by atoms with E-state index in [0.29, 0.717) is 11.5 Å². The van der Waals surface area contributed by atoms with Gasteiger partial charge in [-0.15, -0.1) is 0 Å². The van der Waals surface area contributed by atoms with Gasteiger partial charge in [-0.2, -0.15) is 5.26 Å². The van der Waals surface area contributed by atoms with Gasteiger partial charge in [0, 0.05) is 6.54 Å². The molecule has 19 heavy (non-hydrogen) atoms. The Morgan fingerprint density at radius 1 is 1.16 bits per heavy atom. The fourth-order valence-corrected chi connectivity index (χ4v) is 2.04. The van der Waals surface area contributed by atoms with Crippen LogP contribution in [0.25, 0.3) is 0 Å². The van der Waals surface area contributed by atoms with Crippen molar-refractivity contribution in [1.29, 1.82) is 5.26 Å². The molecular weight excluding hydrogens is 236 g/mol. The number of nitrogens with one attached hydrogen (secondary N) is 1. The van der Waals surface area contributed by atoms with E-state index < -0.39 is 0 Å². The highest BCUT2D eigenvalue weighted by Crippen LogP contribution is 2.14. The van der Waals surface area contributed by atoms with Crippen molar-refractivity contribution in [2.24, 2.45) is 0 Å².